The third-order valence-electron chi connectivity index (χ3n) is 5.56. The second-order valence-corrected chi connectivity index (χ2v) is 7.62. The Bertz CT molecular complexity index is 972. The Morgan fingerprint density at radius 3 is 2.34 bits per heavy atom. The average molecular weight is 389 g/mol. The fourth-order valence-electron chi connectivity index (χ4n) is 3.94. The molecule has 2 heterocycles. The van der Waals surface area contributed by atoms with E-state index in [2.05, 4.69) is 24.8 Å². The Morgan fingerprint density at radius 1 is 0.966 bits per heavy atom. The molecule has 29 heavy (non-hydrogen) atoms. The molecule has 1 aliphatic rings. The summed E-state index contributed by atoms with van der Waals surface area (Å²) >= 11 is 0. The van der Waals surface area contributed by atoms with Crippen molar-refractivity contribution in [1.29, 1.82) is 0 Å². The molecule has 1 aromatic heterocycles. The van der Waals surface area contributed by atoms with Crippen LogP contribution >= 0.6 is 0 Å². The van der Waals surface area contributed by atoms with E-state index in [0.29, 0.717) is 5.56 Å². The molecule has 0 atom stereocenters. The van der Waals surface area contributed by atoms with Crippen LogP contribution < -0.4 is 0 Å². The quantitative estimate of drug-likeness (QED) is 0.663. The molecule has 5 heteroatoms. The van der Waals surface area contributed by atoms with Gasteiger partial charge in [-0.3, -0.25) is 9.69 Å². The number of piperazine rings is 1. The number of carbonyl (C=O) groups excluding carboxylic acids is 1. The molecule has 1 fully saturated rings. The van der Waals surface area contributed by atoms with Crippen LogP contribution in [0.4, 0.5) is 0 Å². The molecule has 1 saturated heterocycles. The first-order chi connectivity index (χ1) is 14.2. The highest BCUT2D eigenvalue weighted by Crippen LogP contribution is 2.28. The van der Waals surface area contributed by atoms with E-state index in [1.165, 1.54) is 0 Å². The maximum absolute atomic E-state index is 13.5. The van der Waals surface area contributed by atoms with Crippen molar-refractivity contribution in [3.8, 4) is 16.9 Å². The number of para-hydroxylation sites is 1. The van der Waals surface area contributed by atoms with Crippen molar-refractivity contribution in [3.63, 3.8) is 0 Å². The van der Waals surface area contributed by atoms with Crippen LogP contribution in [0.5, 0.6) is 0 Å². The highest BCUT2D eigenvalue weighted by Gasteiger charge is 2.26. The number of nitrogens with zero attached hydrogens (tertiary/aromatic N) is 4. The summed E-state index contributed by atoms with van der Waals surface area (Å²) in [4.78, 5) is 17.9. The Hall–Kier alpha value is -2.92. The van der Waals surface area contributed by atoms with Crippen LogP contribution in [0, 0.1) is 6.92 Å². The highest BCUT2D eigenvalue weighted by atomic mass is 16.2. The molecule has 0 bridgehead atoms. The third kappa shape index (κ3) is 4.10. The van der Waals surface area contributed by atoms with Gasteiger partial charge in [-0.25, -0.2) is 4.68 Å². The number of benzene rings is 2. The number of rotatable bonds is 5. The average Bonchev–Trinajstić information content (AvgIpc) is 3.20. The molecule has 3 aromatic rings. The van der Waals surface area contributed by atoms with Crippen molar-refractivity contribution in [3.05, 3.63) is 71.9 Å². The third-order valence-corrected chi connectivity index (χ3v) is 5.56. The van der Waals surface area contributed by atoms with E-state index in [0.717, 1.165) is 61.7 Å². The van der Waals surface area contributed by atoms with Gasteiger partial charge in [0.2, 0.25) is 0 Å². The molecular weight excluding hydrogens is 360 g/mol. The minimum Gasteiger partial charge on any atom is -0.336 e. The van der Waals surface area contributed by atoms with Gasteiger partial charge in [0.25, 0.3) is 5.91 Å². The molecule has 1 aliphatic heterocycles. The second kappa shape index (κ2) is 8.62. The van der Waals surface area contributed by atoms with Crippen LogP contribution in [-0.4, -0.2) is 58.2 Å². The lowest BCUT2D eigenvalue weighted by Crippen LogP contribution is -2.48. The molecule has 1 amide bonds. The van der Waals surface area contributed by atoms with Crippen molar-refractivity contribution in [1.82, 2.24) is 19.6 Å². The van der Waals surface area contributed by atoms with Crippen LogP contribution in [0.15, 0.2) is 60.8 Å². The summed E-state index contributed by atoms with van der Waals surface area (Å²) in [6.45, 7) is 8.77. The van der Waals surface area contributed by atoms with E-state index in [-0.39, 0.29) is 5.91 Å². The first-order valence-electron chi connectivity index (χ1n) is 10.4. The van der Waals surface area contributed by atoms with Gasteiger partial charge in [-0.1, -0.05) is 49.4 Å². The predicted octanol–water partition coefficient (Wildman–Crippen LogP) is 4.02. The zero-order valence-corrected chi connectivity index (χ0v) is 17.2. The van der Waals surface area contributed by atoms with Crippen LogP contribution in [0.25, 0.3) is 16.9 Å². The lowest BCUT2D eigenvalue weighted by Gasteiger charge is -2.34. The largest absolute Gasteiger partial charge is 0.336 e. The molecule has 0 unspecified atom stereocenters. The molecule has 0 N–H and O–H groups in total. The Morgan fingerprint density at radius 2 is 1.66 bits per heavy atom. The molecular formula is C24H28N4O. The summed E-state index contributed by atoms with van der Waals surface area (Å²) in [5.41, 5.74) is 4.51. The smallest absolute Gasteiger partial charge is 0.257 e. The molecule has 2 aromatic carbocycles. The van der Waals surface area contributed by atoms with Crippen LogP contribution in [0.3, 0.4) is 0 Å². The van der Waals surface area contributed by atoms with Crippen LogP contribution in [-0.2, 0) is 0 Å². The zero-order chi connectivity index (χ0) is 20.2. The van der Waals surface area contributed by atoms with Crippen molar-refractivity contribution < 1.29 is 4.79 Å². The molecule has 5 nitrogen and oxygen atoms in total. The molecule has 0 spiro atoms. The number of carbonyl (C=O) groups is 1. The minimum atomic E-state index is 0.0709. The fourth-order valence-corrected chi connectivity index (χ4v) is 3.94. The number of aryl methyl sites for hydroxylation is 1. The normalized spacial score (nSPS) is 14.9. The van der Waals surface area contributed by atoms with E-state index < -0.39 is 0 Å². The number of amides is 1. The van der Waals surface area contributed by atoms with Gasteiger partial charge in [-0.15, -0.1) is 0 Å². The zero-order valence-electron chi connectivity index (χ0n) is 17.2. The van der Waals surface area contributed by atoms with Crippen molar-refractivity contribution in [2.24, 2.45) is 0 Å². The minimum absolute atomic E-state index is 0.0709. The van der Waals surface area contributed by atoms with E-state index >= 15 is 0 Å². The maximum atomic E-state index is 13.5. The summed E-state index contributed by atoms with van der Waals surface area (Å²) < 4.78 is 1.82. The number of hydrogen-bond donors (Lipinski definition) is 0. The van der Waals surface area contributed by atoms with Gasteiger partial charge in [-0.2, -0.15) is 5.10 Å². The second-order valence-electron chi connectivity index (χ2n) is 7.62. The highest BCUT2D eigenvalue weighted by molar-refractivity contribution is 6.00. The summed E-state index contributed by atoms with van der Waals surface area (Å²) in [6, 6.07) is 18.1. The predicted molar refractivity (Wildman–Crippen MR) is 116 cm³/mol. The standard InChI is InChI=1S/C24H28N4O/c1-3-13-26-14-16-27(17-15-26)24(29)22-18-28(20-10-5-4-6-11-20)25-23(22)21-12-8-7-9-19(21)2/h4-12,18H,3,13-17H2,1-2H3. The Labute approximate surface area is 172 Å². The molecule has 0 aliphatic carbocycles. The van der Waals surface area contributed by atoms with E-state index in [4.69, 9.17) is 5.10 Å². The number of hydrogen-bond acceptors (Lipinski definition) is 3. The van der Waals surface area contributed by atoms with Crippen molar-refractivity contribution in [2.75, 3.05) is 32.7 Å². The Balaban J connectivity index is 1.69. The Kier molecular flexibility index (Phi) is 5.76. The first-order valence-corrected chi connectivity index (χ1v) is 10.4. The summed E-state index contributed by atoms with van der Waals surface area (Å²) in [7, 11) is 0. The molecule has 150 valence electrons. The lowest BCUT2D eigenvalue weighted by atomic mass is 10.0. The molecule has 4 rings (SSSR count). The van der Waals surface area contributed by atoms with Crippen molar-refractivity contribution in [2.45, 2.75) is 20.3 Å². The monoisotopic (exact) mass is 388 g/mol. The van der Waals surface area contributed by atoms with Crippen molar-refractivity contribution >= 4 is 5.91 Å². The lowest BCUT2D eigenvalue weighted by molar-refractivity contribution is 0.0638. The van der Waals surface area contributed by atoms with Gasteiger partial charge in [0.15, 0.2) is 0 Å². The maximum Gasteiger partial charge on any atom is 0.257 e. The van der Waals surface area contributed by atoms with E-state index in [9.17, 15) is 4.79 Å². The summed E-state index contributed by atoms with van der Waals surface area (Å²) in [6.07, 6.45) is 3.03. The number of aromatic nitrogens is 2. The van der Waals surface area contributed by atoms with E-state index in [1.54, 1.807) is 0 Å². The fraction of sp³-hybridized carbons (Fsp3) is 0.333. The van der Waals surface area contributed by atoms with Gasteiger partial charge >= 0.3 is 0 Å². The first kappa shape index (κ1) is 19.4. The van der Waals surface area contributed by atoms with Crippen LogP contribution in [0.2, 0.25) is 0 Å². The van der Waals surface area contributed by atoms with Crippen LogP contribution in [0.1, 0.15) is 29.3 Å². The van der Waals surface area contributed by atoms with E-state index in [1.807, 2.05) is 64.3 Å². The summed E-state index contributed by atoms with van der Waals surface area (Å²) in [5, 5.41) is 4.83. The van der Waals surface area contributed by atoms with Gasteiger partial charge in [0.05, 0.1) is 11.3 Å². The SMILES string of the molecule is CCCN1CCN(C(=O)c2cn(-c3ccccc3)nc2-c2ccccc2C)CC1. The summed E-state index contributed by atoms with van der Waals surface area (Å²) in [5.74, 6) is 0.0709. The molecule has 0 saturated carbocycles. The van der Waals surface area contributed by atoms with Gasteiger partial charge in [-0.05, 0) is 37.6 Å². The molecule has 0 radical (unpaired) electrons. The van der Waals surface area contributed by atoms with Gasteiger partial charge in [0, 0.05) is 37.9 Å². The topological polar surface area (TPSA) is 41.4 Å². The van der Waals surface area contributed by atoms with Gasteiger partial charge < -0.3 is 4.90 Å². The van der Waals surface area contributed by atoms with Gasteiger partial charge in [0.1, 0.15) is 5.69 Å².